The fraction of sp³-hybridized carbons (Fsp3) is 0. The summed E-state index contributed by atoms with van der Waals surface area (Å²) in [6.45, 7) is 0. The molecule has 0 saturated carbocycles. The van der Waals surface area contributed by atoms with Crippen LogP contribution in [-0.2, 0) is 32.1 Å². The maximum absolute atomic E-state index is 8.74. The molecule has 0 bridgehead atoms. The monoisotopic (exact) mass is 188 g/mol. The van der Waals surface area contributed by atoms with E-state index in [0.29, 0.717) is 0 Å². The maximum atomic E-state index is 8.74. The number of hydrogen-bond acceptors (Lipinski definition) is 2. The first-order chi connectivity index (χ1) is 2.00. The van der Waals surface area contributed by atoms with Crippen LogP contribution < -0.4 is 0 Å². The molecule has 0 amide bonds. The van der Waals surface area contributed by atoms with Crippen molar-refractivity contribution in [2.24, 2.45) is 0 Å². The van der Waals surface area contributed by atoms with Crippen LogP contribution in [0.15, 0.2) is 0 Å². The molecular formula is H4CaO4STi. The van der Waals surface area contributed by atoms with E-state index in [2.05, 4.69) is 0 Å². The average Bonchev–Trinajstić information content (AvgIpc) is 0.722. The summed E-state index contributed by atoms with van der Waals surface area (Å²) in [5, 5.41) is 0. The van der Waals surface area contributed by atoms with E-state index in [9.17, 15) is 0 Å². The van der Waals surface area contributed by atoms with Crippen LogP contribution in [-0.4, -0.2) is 55.3 Å². The minimum absolute atomic E-state index is 0. The van der Waals surface area contributed by atoms with Gasteiger partial charge in [0.25, 0.3) is 0 Å². The van der Waals surface area contributed by atoms with Gasteiger partial charge in [-0.25, -0.2) is 0 Å². The first-order valence-electron chi connectivity index (χ1n) is 0.698. The minimum Gasteiger partial charge on any atom is 0 e. The summed E-state index contributed by atoms with van der Waals surface area (Å²) in [5.41, 5.74) is 0. The molecular weight excluding hydrogens is 184 g/mol. The molecule has 0 heterocycles. The zero-order valence-corrected chi connectivity index (χ0v) is 5.00. The Balaban J connectivity index is -0.0000000800. The van der Waals surface area contributed by atoms with Gasteiger partial charge in [0, 0.05) is 21.7 Å². The van der Waals surface area contributed by atoms with Crippen LogP contribution in [0.3, 0.4) is 0 Å². The predicted octanol–water partition coefficient (Wildman–Crippen LogP) is -1.57. The molecule has 40 valence electrons. The first kappa shape index (κ1) is 15.9. The molecule has 2 N–H and O–H groups in total. The Hall–Kier alpha value is 1.84. The predicted molar refractivity (Wildman–Crippen MR) is 22.7 cm³/mol. The number of hydrogen-bond donors (Lipinski definition) is 2. The van der Waals surface area contributed by atoms with Gasteiger partial charge < -0.3 is 0 Å². The van der Waals surface area contributed by atoms with Crippen molar-refractivity contribution in [1.29, 1.82) is 0 Å². The molecule has 0 radical (unpaired) electrons. The van der Waals surface area contributed by atoms with Gasteiger partial charge in [-0.15, -0.1) is 0 Å². The van der Waals surface area contributed by atoms with Gasteiger partial charge in [-0.1, -0.05) is 0 Å². The van der Waals surface area contributed by atoms with Crippen LogP contribution in [0.1, 0.15) is 0 Å². The van der Waals surface area contributed by atoms with E-state index in [1.807, 2.05) is 0 Å². The van der Waals surface area contributed by atoms with Gasteiger partial charge in [-0.05, 0) is 0 Å². The third-order valence-corrected chi connectivity index (χ3v) is 0. The normalized spacial score (nSPS) is 8.29. The molecule has 7 heteroatoms. The van der Waals surface area contributed by atoms with E-state index in [0.717, 1.165) is 0 Å². The second kappa shape index (κ2) is 5.97. The molecule has 4 nitrogen and oxygen atoms in total. The summed E-state index contributed by atoms with van der Waals surface area (Å²) in [5.74, 6) is 0. The quantitative estimate of drug-likeness (QED) is 0.355. The van der Waals surface area contributed by atoms with Crippen molar-refractivity contribution in [2.75, 3.05) is 0 Å². The van der Waals surface area contributed by atoms with Gasteiger partial charge in [-0.3, -0.25) is 9.11 Å². The molecule has 0 atom stereocenters. The van der Waals surface area contributed by atoms with Crippen molar-refractivity contribution in [3.63, 3.8) is 0 Å². The van der Waals surface area contributed by atoms with Crippen molar-refractivity contribution >= 4 is 48.1 Å². The van der Waals surface area contributed by atoms with Crippen LogP contribution in [0.4, 0.5) is 0 Å². The Labute approximate surface area is 86.1 Å². The van der Waals surface area contributed by atoms with E-state index in [1.165, 1.54) is 0 Å². The largest absolute Gasteiger partial charge is 0 e. The molecule has 0 spiro atoms. The van der Waals surface area contributed by atoms with Crippen molar-refractivity contribution in [1.82, 2.24) is 0 Å². The van der Waals surface area contributed by atoms with Crippen molar-refractivity contribution in [3.05, 3.63) is 0 Å². The topological polar surface area (TPSA) is 74.6 Å². The molecule has 7 heavy (non-hydrogen) atoms. The van der Waals surface area contributed by atoms with E-state index in [4.69, 9.17) is 17.5 Å². The van der Waals surface area contributed by atoms with Crippen LogP contribution in [0.5, 0.6) is 0 Å². The summed E-state index contributed by atoms with van der Waals surface area (Å²) in [6.07, 6.45) is 0. The molecule has 0 rings (SSSR count). The summed E-state index contributed by atoms with van der Waals surface area (Å²) >= 11 is 0. The third kappa shape index (κ3) is 78.8. The Morgan fingerprint density at radius 3 is 1.14 bits per heavy atom. The fourth-order valence-electron chi connectivity index (χ4n) is 0. The molecule has 0 aliphatic carbocycles. The Morgan fingerprint density at radius 2 is 1.14 bits per heavy atom. The molecule has 0 aliphatic heterocycles. The van der Waals surface area contributed by atoms with Crippen LogP contribution in [0, 0.1) is 0 Å². The van der Waals surface area contributed by atoms with Crippen LogP contribution in [0.2, 0.25) is 0 Å². The summed E-state index contributed by atoms with van der Waals surface area (Å²) in [4.78, 5) is 0. The second-order valence-corrected chi connectivity index (χ2v) is 1.34. The molecule has 0 aromatic heterocycles. The Morgan fingerprint density at radius 1 is 1.14 bits per heavy atom. The van der Waals surface area contributed by atoms with Crippen LogP contribution >= 0.6 is 0 Å². The van der Waals surface area contributed by atoms with Gasteiger partial charge >= 0.3 is 48.1 Å². The summed E-state index contributed by atoms with van der Waals surface area (Å²) in [6, 6.07) is 0. The summed E-state index contributed by atoms with van der Waals surface area (Å²) < 4.78 is 31.6. The van der Waals surface area contributed by atoms with Gasteiger partial charge in [0.05, 0.1) is 0 Å². The van der Waals surface area contributed by atoms with Gasteiger partial charge in [0.1, 0.15) is 0 Å². The van der Waals surface area contributed by atoms with Crippen LogP contribution in [0.25, 0.3) is 0 Å². The molecule has 0 aliphatic rings. The first-order valence-corrected chi connectivity index (χ1v) is 2.10. The molecule has 0 aromatic carbocycles. The Kier molecular flexibility index (Phi) is 13.6. The SMILES string of the molecule is O=S(=O)(O)O.[CaH2].[Ti]. The molecule has 0 saturated heterocycles. The molecule has 0 fully saturated rings. The van der Waals surface area contributed by atoms with Gasteiger partial charge in [-0.2, -0.15) is 8.42 Å². The van der Waals surface area contributed by atoms with Crippen molar-refractivity contribution in [2.45, 2.75) is 0 Å². The second-order valence-electron chi connectivity index (χ2n) is 0.448. The van der Waals surface area contributed by atoms with E-state index in [-0.39, 0.29) is 59.5 Å². The standard InChI is InChI=1S/Ca.H2O4S.Ti.2H/c;1-5(2,3)4;;;/h;(H2,1,2,3,4);;;. The zero-order valence-electron chi connectivity index (χ0n) is 2.62. The van der Waals surface area contributed by atoms with Gasteiger partial charge in [0.2, 0.25) is 0 Å². The van der Waals surface area contributed by atoms with E-state index in [1.54, 1.807) is 0 Å². The summed E-state index contributed by atoms with van der Waals surface area (Å²) in [7, 11) is -4.67. The minimum atomic E-state index is -4.67. The maximum Gasteiger partial charge on any atom is 0 e. The molecule has 0 unspecified atom stereocenters. The average molecular weight is 188 g/mol. The van der Waals surface area contributed by atoms with E-state index >= 15 is 0 Å². The van der Waals surface area contributed by atoms with E-state index < -0.39 is 10.4 Å². The third-order valence-electron chi connectivity index (χ3n) is 0. The fourth-order valence-corrected chi connectivity index (χ4v) is 0. The smallest absolute Gasteiger partial charge is 0 e. The number of rotatable bonds is 0. The Bertz CT molecular complexity index is 94.9. The molecule has 0 aromatic rings. The van der Waals surface area contributed by atoms with Crippen molar-refractivity contribution in [3.8, 4) is 0 Å². The van der Waals surface area contributed by atoms with Gasteiger partial charge in [0.15, 0.2) is 0 Å². The zero-order chi connectivity index (χ0) is 4.50. The van der Waals surface area contributed by atoms with Crippen molar-refractivity contribution < 1.29 is 39.2 Å².